The predicted octanol–water partition coefficient (Wildman–Crippen LogP) is 1.12. The first-order valence-corrected chi connectivity index (χ1v) is 6.59. The summed E-state index contributed by atoms with van der Waals surface area (Å²) in [5.74, 6) is 0.954. The highest BCUT2D eigenvalue weighted by Crippen LogP contribution is 2.26. The Morgan fingerprint density at radius 1 is 1.33 bits per heavy atom. The third-order valence-corrected chi connectivity index (χ3v) is 3.55. The van der Waals surface area contributed by atoms with Crippen molar-refractivity contribution in [3.05, 3.63) is 24.3 Å². The second-order valence-electron chi connectivity index (χ2n) is 3.77. The van der Waals surface area contributed by atoms with E-state index < -0.39 is 6.10 Å². The standard InChI is InChI=1S/C12H15N3O2S/c1-13-12-14-10-5-3-2-4-9(10)11(15-12)18-7-8(17)6-16/h2-5,8,16-17H,6-7H2,1H3,(H,13,14,15). The van der Waals surface area contributed by atoms with Crippen LogP contribution >= 0.6 is 11.8 Å². The Balaban J connectivity index is 2.34. The smallest absolute Gasteiger partial charge is 0.224 e. The zero-order chi connectivity index (χ0) is 13.0. The van der Waals surface area contributed by atoms with Crippen molar-refractivity contribution in [2.75, 3.05) is 24.7 Å². The number of nitrogens with one attached hydrogen (secondary N) is 1. The summed E-state index contributed by atoms with van der Waals surface area (Å²) in [5.41, 5.74) is 0.859. The molecule has 3 N–H and O–H groups in total. The van der Waals surface area contributed by atoms with E-state index in [0.717, 1.165) is 15.9 Å². The number of aliphatic hydroxyl groups excluding tert-OH is 2. The summed E-state index contributed by atoms with van der Waals surface area (Å²) in [6, 6.07) is 7.72. The molecule has 0 fully saturated rings. The zero-order valence-electron chi connectivity index (χ0n) is 10.00. The number of fused-ring (bicyclic) bond motifs is 1. The van der Waals surface area contributed by atoms with Crippen molar-refractivity contribution < 1.29 is 10.2 Å². The van der Waals surface area contributed by atoms with Crippen LogP contribution in [0.4, 0.5) is 5.95 Å². The second kappa shape index (κ2) is 5.99. The van der Waals surface area contributed by atoms with E-state index in [0.29, 0.717) is 11.7 Å². The quantitative estimate of drug-likeness (QED) is 0.555. The van der Waals surface area contributed by atoms with Gasteiger partial charge in [-0.05, 0) is 6.07 Å². The number of aromatic nitrogens is 2. The molecule has 2 rings (SSSR count). The molecule has 0 aliphatic carbocycles. The van der Waals surface area contributed by atoms with E-state index >= 15 is 0 Å². The molecule has 1 aromatic carbocycles. The van der Waals surface area contributed by atoms with Gasteiger partial charge in [-0.2, -0.15) is 0 Å². The van der Waals surface area contributed by atoms with Gasteiger partial charge in [0.1, 0.15) is 5.03 Å². The number of nitrogens with zero attached hydrogens (tertiary/aromatic N) is 2. The van der Waals surface area contributed by atoms with Gasteiger partial charge in [-0.1, -0.05) is 18.2 Å². The normalized spacial score (nSPS) is 12.6. The van der Waals surface area contributed by atoms with Crippen LogP contribution in [0.5, 0.6) is 0 Å². The summed E-state index contributed by atoms with van der Waals surface area (Å²) in [6.07, 6.45) is -0.734. The van der Waals surface area contributed by atoms with Gasteiger partial charge in [0.2, 0.25) is 5.95 Å². The van der Waals surface area contributed by atoms with Crippen molar-refractivity contribution in [3.8, 4) is 0 Å². The van der Waals surface area contributed by atoms with Crippen molar-refractivity contribution in [1.82, 2.24) is 9.97 Å². The molecule has 0 radical (unpaired) electrons. The monoisotopic (exact) mass is 265 g/mol. The molecule has 0 aliphatic rings. The summed E-state index contributed by atoms with van der Waals surface area (Å²) in [7, 11) is 1.77. The molecule has 0 saturated heterocycles. The predicted molar refractivity (Wildman–Crippen MR) is 72.9 cm³/mol. The van der Waals surface area contributed by atoms with Crippen LogP contribution in [0.1, 0.15) is 0 Å². The number of aliphatic hydroxyl groups is 2. The molecule has 18 heavy (non-hydrogen) atoms. The van der Waals surface area contributed by atoms with Gasteiger partial charge in [0.15, 0.2) is 0 Å². The zero-order valence-corrected chi connectivity index (χ0v) is 10.8. The molecule has 1 unspecified atom stereocenters. The number of hydrogen-bond acceptors (Lipinski definition) is 6. The van der Waals surface area contributed by atoms with Crippen LogP contribution in [0.25, 0.3) is 10.9 Å². The number of benzene rings is 1. The van der Waals surface area contributed by atoms with Crippen LogP contribution in [0, 0.1) is 0 Å². The fourth-order valence-electron chi connectivity index (χ4n) is 1.50. The molecule has 0 amide bonds. The van der Waals surface area contributed by atoms with E-state index in [1.54, 1.807) is 7.05 Å². The summed E-state index contributed by atoms with van der Waals surface area (Å²) >= 11 is 1.41. The minimum atomic E-state index is -0.734. The van der Waals surface area contributed by atoms with E-state index in [1.165, 1.54) is 11.8 Å². The van der Waals surface area contributed by atoms with E-state index in [4.69, 9.17) is 5.11 Å². The lowest BCUT2D eigenvalue weighted by Gasteiger charge is -2.09. The van der Waals surface area contributed by atoms with Gasteiger partial charge in [0, 0.05) is 18.2 Å². The maximum absolute atomic E-state index is 9.39. The van der Waals surface area contributed by atoms with Crippen LogP contribution in [0.2, 0.25) is 0 Å². The minimum absolute atomic E-state index is 0.241. The Labute approximate surface area is 109 Å². The van der Waals surface area contributed by atoms with Crippen LogP contribution in [-0.4, -0.2) is 45.7 Å². The third kappa shape index (κ3) is 2.90. The van der Waals surface area contributed by atoms with Gasteiger partial charge in [0.05, 0.1) is 18.2 Å². The topological polar surface area (TPSA) is 78.3 Å². The lowest BCUT2D eigenvalue weighted by Crippen LogP contribution is -2.14. The number of hydrogen-bond donors (Lipinski definition) is 3. The maximum atomic E-state index is 9.39. The largest absolute Gasteiger partial charge is 0.394 e. The molecule has 1 aromatic heterocycles. The Kier molecular flexibility index (Phi) is 4.35. The lowest BCUT2D eigenvalue weighted by atomic mass is 10.2. The van der Waals surface area contributed by atoms with E-state index in [1.807, 2.05) is 24.3 Å². The average molecular weight is 265 g/mol. The van der Waals surface area contributed by atoms with E-state index in [9.17, 15) is 5.11 Å². The minimum Gasteiger partial charge on any atom is -0.394 e. The second-order valence-corrected chi connectivity index (χ2v) is 4.78. The molecule has 0 spiro atoms. The fourth-order valence-corrected chi connectivity index (χ4v) is 2.43. The molecule has 96 valence electrons. The highest BCUT2D eigenvalue weighted by molar-refractivity contribution is 7.99. The van der Waals surface area contributed by atoms with Gasteiger partial charge < -0.3 is 15.5 Å². The number of thioether (sulfide) groups is 1. The molecular weight excluding hydrogens is 250 g/mol. The Morgan fingerprint density at radius 2 is 2.11 bits per heavy atom. The van der Waals surface area contributed by atoms with Crippen molar-refractivity contribution in [2.45, 2.75) is 11.1 Å². The molecule has 0 saturated carbocycles. The summed E-state index contributed by atoms with van der Waals surface area (Å²) in [6.45, 7) is -0.241. The van der Waals surface area contributed by atoms with Crippen LogP contribution in [0.15, 0.2) is 29.3 Å². The molecule has 5 nitrogen and oxygen atoms in total. The van der Waals surface area contributed by atoms with Gasteiger partial charge in [-0.3, -0.25) is 0 Å². The molecule has 1 heterocycles. The molecule has 6 heteroatoms. The number of rotatable bonds is 5. The SMILES string of the molecule is CNc1nc(SCC(O)CO)c2ccccc2n1. The Morgan fingerprint density at radius 3 is 2.83 bits per heavy atom. The summed E-state index contributed by atoms with van der Waals surface area (Å²) in [4.78, 5) is 8.73. The maximum Gasteiger partial charge on any atom is 0.224 e. The highest BCUT2D eigenvalue weighted by atomic mass is 32.2. The van der Waals surface area contributed by atoms with Gasteiger partial charge >= 0.3 is 0 Å². The van der Waals surface area contributed by atoms with E-state index in [2.05, 4.69) is 15.3 Å². The third-order valence-electron chi connectivity index (χ3n) is 2.42. The number of anilines is 1. The molecular formula is C12H15N3O2S. The highest BCUT2D eigenvalue weighted by Gasteiger charge is 2.09. The average Bonchev–Trinajstić information content (AvgIpc) is 2.43. The van der Waals surface area contributed by atoms with Crippen LogP contribution in [-0.2, 0) is 0 Å². The first-order chi connectivity index (χ1) is 8.74. The first-order valence-electron chi connectivity index (χ1n) is 5.61. The van der Waals surface area contributed by atoms with Crippen molar-refractivity contribution in [2.24, 2.45) is 0 Å². The summed E-state index contributed by atoms with van der Waals surface area (Å²) in [5, 5.41) is 22.9. The van der Waals surface area contributed by atoms with Gasteiger partial charge in [-0.15, -0.1) is 11.8 Å². The lowest BCUT2D eigenvalue weighted by molar-refractivity contribution is 0.113. The van der Waals surface area contributed by atoms with E-state index in [-0.39, 0.29) is 6.61 Å². The molecule has 0 aliphatic heterocycles. The Hall–Kier alpha value is -1.37. The van der Waals surface area contributed by atoms with Crippen molar-refractivity contribution >= 4 is 28.6 Å². The van der Waals surface area contributed by atoms with Gasteiger partial charge in [-0.25, -0.2) is 9.97 Å². The number of para-hydroxylation sites is 1. The fraction of sp³-hybridized carbons (Fsp3) is 0.333. The van der Waals surface area contributed by atoms with Crippen molar-refractivity contribution in [3.63, 3.8) is 0 Å². The molecule has 1 atom stereocenters. The molecule has 0 bridgehead atoms. The molecule has 2 aromatic rings. The van der Waals surface area contributed by atoms with Crippen molar-refractivity contribution in [1.29, 1.82) is 0 Å². The van der Waals surface area contributed by atoms with Crippen LogP contribution < -0.4 is 5.32 Å². The van der Waals surface area contributed by atoms with Crippen LogP contribution in [0.3, 0.4) is 0 Å². The van der Waals surface area contributed by atoms with Gasteiger partial charge in [0.25, 0.3) is 0 Å². The summed E-state index contributed by atoms with van der Waals surface area (Å²) < 4.78 is 0. The Bertz CT molecular complexity index is 536. The first kappa shape index (κ1) is 13.1.